The molecule has 0 spiro atoms. The number of rotatable bonds is 6. The van der Waals surface area contributed by atoms with E-state index in [1.165, 1.54) is 11.1 Å². The Morgan fingerprint density at radius 1 is 1.04 bits per heavy atom. The average molecular weight is 308 g/mol. The third-order valence-corrected chi connectivity index (χ3v) is 3.90. The van der Waals surface area contributed by atoms with Crippen molar-refractivity contribution in [3.63, 3.8) is 0 Å². The molecule has 0 aliphatic carbocycles. The van der Waals surface area contributed by atoms with Gasteiger partial charge in [0.2, 0.25) is 5.91 Å². The van der Waals surface area contributed by atoms with Gasteiger partial charge in [0, 0.05) is 17.1 Å². The van der Waals surface area contributed by atoms with E-state index < -0.39 is 0 Å². The summed E-state index contributed by atoms with van der Waals surface area (Å²) in [6.07, 6.45) is 3.89. The van der Waals surface area contributed by atoms with E-state index in [0.29, 0.717) is 0 Å². The van der Waals surface area contributed by atoms with Gasteiger partial charge in [-0.2, -0.15) is 0 Å². The number of carbonyl (C=O) groups excluding carboxylic acids is 1. The van der Waals surface area contributed by atoms with Crippen LogP contribution in [0, 0.1) is 0 Å². The molecule has 1 aromatic heterocycles. The number of carbonyl (C=O) groups is 1. The minimum absolute atomic E-state index is 0.113. The van der Waals surface area contributed by atoms with Crippen molar-refractivity contribution in [3.05, 3.63) is 65.9 Å². The summed E-state index contributed by atoms with van der Waals surface area (Å²) in [6, 6.07) is 16.7. The predicted molar refractivity (Wildman–Crippen MR) is 92.5 cm³/mol. The van der Waals surface area contributed by atoms with Crippen LogP contribution in [0.2, 0.25) is 0 Å². The minimum Gasteiger partial charge on any atom is -0.396 e. The number of hydrogen-bond donors (Lipinski definition) is 3. The fourth-order valence-corrected chi connectivity index (χ4v) is 2.68. The van der Waals surface area contributed by atoms with Gasteiger partial charge in [0.25, 0.3) is 0 Å². The van der Waals surface area contributed by atoms with Crippen LogP contribution < -0.4 is 5.32 Å². The van der Waals surface area contributed by atoms with Crippen molar-refractivity contribution in [1.29, 1.82) is 0 Å². The molecule has 0 aliphatic rings. The lowest BCUT2D eigenvalue weighted by atomic mass is 10.0. The van der Waals surface area contributed by atoms with E-state index >= 15 is 0 Å². The van der Waals surface area contributed by atoms with Crippen molar-refractivity contribution in [2.24, 2.45) is 0 Å². The fraction of sp³-hybridized carbons (Fsp3) is 0.211. The summed E-state index contributed by atoms with van der Waals surface area (Å²) < 4.78 is 0. The Morgan fingerprint density at radius 2 is 1.83 bits per heavy atom. The van der Waals surface area contributed by atoms with Gasteiger partial charge in [-0.1, -0.05) is 42.5 Å². The van der Waals surface area contributed by atoms with E-state index in [9.17, 15) is 4.79 Å². The Morgan fingerprint density at radius 3 is 2.61 bits per heavy atom. The first kappa shape index (κ1) is 15.3. The molecule has 4 heteroatoms. The van der Waals surface area contributed by atoms with E-state index in [4.69, 9.17) is 5.11 Å². The number of anilines is 1. The Labute approximate surface area is 135 Å². The number of aromatic nitrogens is 1. The van der Waals surface area contributed by atoms with Crippen molar-refractivity contribution >= 4 is 22.5 Å². The maximum absolute atomic E-state index is 11.6. The molecule has 4 nitrogen and oxygen atoms in total. The summed E-state index contributed by atoms with van der Waals surface area (Å²) >= 11 is 0. The van der Waals surface area contributed by atoms with Crippen molar-refractivity contribution in [1.82, 2.24) is 4.98 Å². The van der Waals surface area contributed by atoms with Gasteiger partial charge in [-0.15, -0.1) is 0 Å². The summed E-state index contributed by atoms with van der Waals surface area (Å²) in [5, 5.41) is 12.6. The minimum atomic E-state index is -0.179. The molecule has 3 rings (SSSR count). The number of benzene rings is 2. The normalized spacial score (nSPS) is 10.8. The van der Waals surface area contributed by atoms with Crippen LogP contribution in [0.15, 0.2) is 54.7 Å². The summed E-state index contributed by atoms with van der Waals surface area (Å²) in [7, 11) is 0. The van der Waals surface area contributed by atoms with Crippen LogP contribution >= 0.6 is 0 Å². The number of hydrogen-bond acceptors (Lipinski definition) is 2. The average Bonchev–Trinajstić information content (AvgIpc) is 2.96. The molecule has 0 atom stereocenters. The second-order valence-electron chi connectivity index (χ2n) is 5.59. The zero-order chi connectivity index (χ0) is 16.1. The van der Waals surface area contributed by atoms with E-state index in [1.54, 1.807) is 6.20 Å². The molecular weight excluding hydrogens is 288 g/mol. The first-order valence-electron chi connectivity index (χ1n) is 7.81. The number of aliphatic hydroxyl groups excluding tert-OH is 1. The zero-order valence-electron chi connectivity index (χ0n) is 12.9. The molecule has 1 amide bonds. The fourth-order valence-electron chi connectivity index (χ4n) is 2.68. The van der Waals surface area contributed by atoms with Gasteiger partial charge >= 0.3 is 0 Å². The number of aryl methyl sites for hydroxylation is 2. The molecule has 0 saturated heterocycles. The van der Waals surface area contributed by atoms with Gasteiger partial charge in [-0.05, 0) is 30.0 Å². The standard InChI is InChI=1S/C19H20N2O2/c22-11-10-19(23)21-18-13-20-17-12-15(8-9-16(17)18)7-6-14-4-2-1-3-5-14/h1-5,8-9,12-13,20,22H,6-7,10-11H2,(H,21,23). The van der Waals surface area contributed by atoms with Crippen LogP contribution in [-0.4, -0.2) is 22.6 Å². The second kappa shape index (κ2) is 7.11. The highest BCUT2D eigenvalue weighted by molar-refractivity contribution is 6.01. The van der Waals surface area contributed by atoms with Gasteiger partial charge in [0.15, 0.2) is 0 Å². The molecule has 0 aliphatic heterocycles. The summed E-state index contributed by atoms with van der Waals surface area (Å²) in [5.74, 6) is -0.179. The van der Waals surface area contributed by atoms with Crippen LogP contribution in [-0.2, 0) is 17.6 Å². The molecule has 0 fully saturated rings. The van der Waals surface area contributed by atoms with Gasteiger partial charge in [0.1, 0.15) is 0 Å². The quantitative estimate of drug-likeness (QED) is 0.654. The molecule has 23 heavy (non-hydrogen) atoms. The lowest BCUT2D eigenvalue weighted by molar-refractivity contribution is -0.116. The van der Waals surface area contributed by atoms with Gasteiger partial charge < -0.3 is 15.4 Å². The van der Waals surface area contributed by atoms with Gasteiger partial charge in [0.05, 0.1) is 18.7 Å². The number of H-pyrrole nitrogens is 1. The van der Waals surface area contributed by atoms with Crippen LogP contribution in [0.4, 0.5) is 5.69 Å². The Hall–Kier alpha value is -2.59. The molecule has 3 N–H and O–H groups in total. The molecule has 0 saturated carbocycles. The number of amides is 1. The lowest BCUT2D eigenvalue weighted by Gasteiger charge is -2.04. The maximum atomic E-state index is 11.6. The Balaban J connectivity index is 1.71. The van der Waals surface area contributed by atoms with Crippen molar-refractivity contribution in [2.75, 3.05) is 11.9 Å². The third kappa shape index (κ3) is 3.79. The van der Waals surface area contributed by atoms with Crippen LogP contribution in [0.25, 0.3) is 10.9 Å². The molecule has 118 valence electrons. The Kier molecular flexibility index (Phi) is 4.74. The van der Waals surface area contributed by atoms with Gasteiger partial charge in [-0.25, -0.2) is 0 Å². The first-order valence-corrected chi connectivity index (χ1v) is 7.81. The van der Waals surface area contributed by atoms with E-state index in [2.05, 4.69) is 46.7 Å². The summed E-state index contributed by atoms with van der Waals surface area (Å²) in [5.41, 5.74) is 4.36. The molecule has 0 radical (unpaired) electrons. The Bertz CT molecular complexity index is 793. The topological polar surface area (TPSA) is 65.1 Å². The highest BCUT2D eigenvalue weighted by Crippen LogP contribution is 2.24. The smallest absolute Gasteiger partial charge is 0.226 e. The van der Waals surface area contributed by atoms with Crippen LogP contribution in [0.1, 0.15) is 17.5 Å². The van der Waals surface area contributed by atoms with Crippen molar-refractivity contribution in [3.8, 4) is 0 Å². The molecule has 0 bridgehead atoms. The van der Waals surface area contributed by atoms with Crippen LogP contribution in [0.5, 0.6) is 0 Å². The lowest BCUT2D eigenvalue weighted by Crippen LogP contribution is -2.12. The van der Waals surface area contributed by atoms with Crippen molar-refractivity contribution in [2.45, 2.75) is 19.3 Å². The first-order chi connectivity index (χ1) is 11.3. The van der Waals surface area contributed by atoms with Gasteiger partial charge in [-0.3, -0.25) is 4.79 Å². The SMILES string of the molecule is O=C(CCO)Nc1c[nH]c2cc(CCc3ccccc3)ccc12. The zero-order valence-corrected chi connectivity index (χ0v) is 12.9. The number of fused-ring (bicyclic) bond motifs is 1. The highest BCUT2D eigenvalue weighted by Gasteiger charge is 2.08. The second-order valence-corrected chi connectivity index (χ2v) is 5.59. The molecule has 1 heterocycles. The van der Waals surface area contributed by atoms with Crippen molar-refractivity contribution < 1.29 is 9.90 Å². The van der Waals surface area contributed by atoms with E-state index in [-0.39, 0.29) is 18.9 Å². The highest BCUT2D eigenvalue weighted by atomic mass is 16.3. The van der Waals surface area contributed by atoms with Crippen LogP contribution in [0.3, 0.4) is 0 Å². The molecular formula is C19H20N2O2. The maximum Gasteiger partial charge on any atom is 0.226 e. The number of aromatic amines is 1. The summed E-state index contributed by atoms with van der Waals surface area (Å²) in [4.78, 5) is 14.8. The molecule has 2 aromatic carbocycles. The summed E-state index contributed by atoms with van der Waals surface area (Å²) in [6.45, 7) is -0.141. The molecule has 0 unspecified atom stereocenters. The number of nitrogens with one attached hydrogen (secondary N) is 2. The van der Waals surface area contributed by atoms with E-state index in [1.807, 2.05) is 12.1 Å². The largest absolute Gasteiger partial charge is 0.396 e. The number of aliphatic hydroxyl groups is 1. The predicted octanol–water partition coefficient (Wildman–Crippen LogP) is 3.27. The molecule has 3 aromatic rings. The third-order valence-electron chi connectivity index (χ3n) is 3.90. The monoisotopic (exact) mass is 308 g/mol. The van der Waals surface area contributed by atoms with E-state index in [0.717, 1.165) is 29.4 Å².